The Labute approximate surface area is 308 Å². The van der Waals surface area contributed by atoms with Crippen LogP contribution in [-0.4, -0.2) is 69.8 Å². The second kappa shape index (κ2) is 15.2. The van der Waals surface area contributed by atoms with E-state index in [-0.39, 0.29) is 37.0 Å². The highest BCUT2D eigenvalue weighted by Crippen LogP contribution is 2.48. The van der Waals surface area contributed by atoms with Crippen molar-refractivity contribution >= 4 is 50.9 Å². The minimum Gasteiger partial charge on any atom is -0.490 e. The predicted molar refractivity (Wildman–Crippen MR) is 203 cm³/mol. The number of aromatic nitrogens is 4. The number of aryl methyl sites for hydroxylation is 1. The lowest BCUT2D eigenvalue weighted by Crippen LogP contribution is -2.35. The summed E-state index contributed by atoms with van der Waals surface area (Å²) in [5, 5.41) is 8.17. The van der Waals surface area contributed by atoms with Crippen LogP contribution in [0.25, 0.3) is 54.6 Å². The normalized spacial score (nSPS) is 15.0. The molecule has 0 unspecified atom stereocenters. The molecule has 1 amide bonds. The van der Waals surface area contributed by atoms with Crippen molar-refractivity contribution in [3.8, 4) is 45.1 Å². The van der Waals surface area contributed by atoms with Gasteiger partial charge in [-0.1, -0.05) is 12.7 Å². The van der Waals surface area contributed by atoms with E-state index in [1.54, 1.807) is 22.0 Å². The van der Waals surface area contributed by atoms with Gasteiger partial charge in [0.2, 0.25) is 5.91 Å². The molecule has 0 fully saturated rings. The van der Waals surface area contributed by atoms with E-state index in [0.29, 0.717) is 54.4 Å². The van der Waals surface area contributed by atoms with E-state index in [4.69, 9.17) is 24.2 Å². The number of pyridine rings is 2. The fourth-order valence-corrected chi connectivity index (χ4v) is 7.52. The Morgan fingerprint density at radius 2 is 1.87 bits per heavy atom. The number of thiophene rings is 1. The number of thiol groups is 1. The quantitative estimate of drug-likeness (QED) is 0.110. The first-order chi connectivity index (χ1) is 25.4. The molecular weight excluding hydrogens is 705 g/mol. The monoisotopic (exact) mass is 739 g/mol. The summed E-state index contributed by atoms with van der Waals surface area (Å²) in [5.74, 6) is -1.12. The molecule has 0 spiro atoms. The number of rotatable bonds is 2. The Kier molecular flexibility index (Phi) is 10.3. The molecule has 266 valence electrons. The van der Waals surface area contributed by atoms with Crippen LogP contribution in [0, 0.1) is 11.6 Å². The van der Waals surface area contributed by atoms with E-state index < -0.39 is 11.6 Å². The molecule has 2 aromatic carbocycles. The molecule has 52 heavy (non-hydrogen) atoms. The van der Waals surface area contributed by atoms with Crippen LogP contribution in [-0.2, 0) is 29.5 Å². The highest BCUT2D eigenvalue weighted by Gasteiger charge is 2.28. The summed E-state index contributed by atoms with van der Waals surface area (Å²) in [6.07, 6.45) is 10.9. The molecule has 2 bridgehead atoms. The van der Waals surface area contributed by atoms with Gasteiger partial charge in [-0.2, -0.15) is 17.7 Å². The van der Waals surface area contributed by atoms with Gasteiger partial charge in [0.15, 0.2) is 0 Å². The number of fused-ring (bicyclic) bond motifs is 6. The van der Waals surface area contributed by atoms with Gasteiger partial charge in [0.25, 0.3) is 0 Å². The van der Waals surface area contributed by atoms with E-state index in [2.05, 4.69) is 24.3 Å². The number of halogens is 2. The third kappa shape index (κ3) is 6.79. The summed E-state index contributed by atoms with van der Waals surface area (Å²) >= 11 is 4.95. The molecule has 6 aromatic rings. The third-order valence-electron chi connectivity index (χ3n) is 8.85. The average molecular weight is 740 g/mol. The van der Waals surface area contributed by atoms with Gasteiger partial charge in [-0.3, -0.25) is 14.5 Å². The first kappa shape index (κ1) is 35.3. The smallest absolute Gasteiger partial charge is 0.246 e. The second-order valence-corrected chi connectivity index (χ2v) is 13.0. The number of benzene rings is 2. The van der Waals surface area contributed by atoms with Crippen molar-refractivity contribution in [2.45, 2.75) is 13.0 Å². The topological polar surface area (TPSA) is 91.6 Å². The molecule has 2 aliphatic rings. The Morgan fingerprint density at radius 1 is 1.02 bits per heavy atom. The van der Waals surface area contributed by atoms with E-state index in [9.17, 15) is 9.18 Å². The largest absolute Gasteiger partial charge is 0.490 e. The number of carbonyl (C=O) groups is 1. The van der Waals surface area contributed by atoms with Crippen LogP contribution in [0.4, 0.5) is 8.78 Å². The number of ether oxygens (including phenoxy) is 3. The Morgan fingerprint density at radius 3 is 2.71 bits per heavy atom. The highest BCUT2D eigenvalue weighted by atomic mass is 32.1. The summed E-state index contributed by atoms with van der Waals surface area (Å²) in [6, 6.07) is 9.84. The molecule has 8 rings (SSSR count). The molecule has 0 aliphatic carbocycles. The molecule has 4 aromatic heterocycles. The summed E-state index contributed by atoms with van der Waals surface area (Å²) in [7, 11) is 1.86. The van der Waals surface area contributed by atoms with Crippen LogP contribution >= 0.6 is 24.0 Å². The second-order valence-electron chi connectivity index (χ2n) is 12.1. The van der Waals surface area contributed by atoms with Gasteiger partial charge in [-0.25, -0.2) is 13.8 Å². The van der Waals surface area contributed by atoms with Crippen LogP contribution in [0.5, 0.6) is 11.5 Å². The molecule has 0 saturated heterocycles. The number of amides is 1. The highest BCUT2D eigenvalue weighted by molar-refractivity contribution is 7.79. The maximum absolute atomic E-state index is 16.3. The van der Waals surface area contributed by atoms with Gasteiger partial charge in [0, 0.05) is 95.0 Å². The molecule has 0 radical (unpaired) electrons. The summed E-state index contributed by atoms with van der Waals surface area (Å²) in [4.78, 5) is 24.4. The zero-order chi connectivity index (χ0) is 36.4. The molecule has 6 heterocycles. The van der Waals surface area contributed by atoms with Crippen molar-refractivity contribution < 1.29 is 27.8 Å². The molecule has 0 saturated carbocycles. The van der Waals surface area contributed by atoms with Crippen molar-refractivity contribution in [2.75, 3.05) is 39.2 Å². The van der Waals surface area contributed by atoms with Crippen molar-refractivity contribution in [3.05, 3.63) is 102 Å². The number of hydrogen-bond donors (Lipinski definition) is 1. The Balaban J connectivity index is 0.00000207. The summed E-state index contributed by atoms with van der Waals surface area (Å²) in [5.41, 5.74) is 5.37. The zero-order valence-electron chi connectivity index (χ0n) is 28.6. The Hall–Kier alpha value is -5.11. The van der Waals surface area contributed by atoms with Crippen molar-refractivity contribution in [1.82, 2.24) is 24.6 Å². The van der Waals surface area contributed by atoms with Gasteiger partial charge in [-0.05, 0) is 47.6 Å². The molecule has 0 atom stereocenters. The van der Waals surface area contributed by atoms with Crippen molar-refractivity contribution in [3.63, 3.8) is 0 Å². The van der Waals surface area contributed by atoms with Gasteiger partial charge in [-0.15, -0.1) is 11.3 Å². The van der Waals surface area contributed by atoms with E-state index in [1.165, 1.54) is 23.5 Å². The van der Waals surface area contributed by atoms with Crippen LogP contribution in [0.2, 0.25) is 0 Å². The first-order valence-corrected chi connectivity index (χ1v) is 18.4. The maximum atomic E-state index is 16.3. The number of hydrogen-bond acceptors (Lipinski definition) is 9. The fourth-order valence-electron chi connectivity index (χ4n) is 6.57. The lowest BCUT2D eigenvalue weighted by molar-refractivity contribution is -0.126. The number of carbonyl (C=O) groups excluding carboxylic acids is 1. The van der Waals surface area contributed by atoms with Crippen molar-refractivity contribution in [1.29, 1.82) is 0 Å². The minimum absolute atomic E-state index is 0.0333. The SMILES string of the molecule is C=CC(=O)N1CCc2ncc(-c3nc4c5ccsc5c3-c3c(F)cc(F)cc3OCCOC/C=C/COc3cc5nn(C)cc5cc3-4)cc2C1.CS. The van der Waals surface area contributed by atoms with Crippen LogP contribution in [0.1, 0.15) is 11.3 Å². The van der Waals surface area contributed by atoms with E-state index in [1.807, 2.05) is 55.0 Å². The summed E-state index contributed by atoms with van der Waals surface area (Å²) in [6.45, 7) is 5.35. The fraction of sp³-hybridized carbons (Fsp3) is 0.231. The van der Waals surface area contributed by atoms with E-state index >= 15 is 4.39 Å². The van der Waals surface area contributed by atoms with Crippen LogP contribution in [0.15, 0.2) is 79.0 Å². The maximum Gasteiger partial charge on any atom is 0.246 e. The standard InChI is InChI=1S/C38H31F2N5O4S.CH4S/c1-3-33(46)45-8-6-29-23(21-45)14-22(19-41-29)36-35-34-28(40)16-25(39)17-32(34)49-12-11-47-9-4-5-10-48-31-18-30-24(20-44(2)43-30)15-27(31)37(42-36)26-7-13-50-38(26)35;1-2/h3-5,7,13-20H,1,6,8-12,21H2,2H3;2H,1H3/b5-4+;. The summed E-state index contributed by atoms with van der Waals surface area (Å²) < 4.78 is 51.6. The molecule has 9 nitrogen and oxygen atoms in total. The van der Waals surface area contributed by atoms with Gasteiger partial charge in [0.1, 0.15) is 36.3 Å². The minimum atomic E-state index is -0.790. The van der Waals surface area contributed by atoms with Crippen molar-refractivity contribution in [2.24, 2.45) is 7.05 Å². The lowest BCUT2D eigenvalue weighted by atomic mass is 9.93. The van der Waals surface area contributed by atoms with Crippen LogP contribution in [0.3, 0.4) is 0 Å². The molecule has 13 heteroatoms. The number of nitrogens with zero attached hydrogens (tertiary/aromatic N) is 5. The molecule has 0 N–H and O–H groups in total. The van der Waals surface area contributed by atoms with Gasteiger partial charge in [0.05, 0.1) is 35.7 Å². The zero-order valence-corrected chi connectivity index (χ0v) is 30.3. The predicted octanol–water partition coefficient (Wildman–Crippen LogP) is 7.82. The van der Waals surface area contributed by atoms with E-state index in [0.717, 1.165) is 43.9 Å². The molecular formula is C39H35F2N5O4S2. The van der Waals surface area contributed by atoms with Gasteiger partial charge >= 0.3 is 0 Å². The van der Waals surface area contributed by atoms with Crippen LogP contribution < -0.4 is 9.47 Å². The van der Waals surface area contributed by atoms with Gasteiger partial charge < -0.3 is 19.1 Å². The average Bonchev–Trinajstić information content (AvgIpc) is 3.79. The Bertz CT molecular complexity index is 2360. The first-order valence-electron chi connectivity index (χ1n) is 16.6. The molecule has 2 aliphatic heterocycles. The lowest BCUT2D eigenvalue weighted by Gasteiger charge is -2.27. The third-order valence-corrected chi connectivity index (χ3v) is 9.78.